The molecule has 0 radical (unpaired) electrons. The number of anilines is 1. The second kappa shape index (κ2) is 7.66. The van der Waals surface area contributed by atoms with E-state index >= 15 is 0 Å². The average Bonchev–Trinajstić information content (AvgIpc) is 2.67. The number of carboxylic acid groups (broad SMARTS) is 1. The van der Waals surface area contributed by atoms with Crippen molar-refractivity contribution in [3.05, 3.63) is 83.9 Å². The van der Waals surface area contributed by atoms with Gasteiger partial charge >= 0.3 is 5.97 Å². The van der Waals surface area contributed by atoms with Gasteiger partial charge in [-0.3, -0.25) is 4.79 Å². The van der Waals surface area contributed by atoms with E-state index in [-0.39, 0.29) is 17.9 Å². The SMILES string of the molecule is CN(C(=O)C/C(=C/c1ccccc1)C(=O)O)c1cccc2ccccc12. The van der Waals surface area contributed by atoms with E-state index < -0.39 is 5.97 Å². The molecular formula is C22H19NO3. The van der Waals surface area contributed by atoms with E-state index in [0.29, 0.717) is 0 Å². The third-order valence-corrected chi connectivity index (χ3v) is 4.26. The monoisotopic (exact) mass is 345 g/mol. The molecule has 0 unspecified atom stereocenters. The lowest BCUT2D eigenvalue weighted by Crippen LogP contribution is -2.27. The summed E-state index contributed by atoms with van der Waals surface area (Å²) in [5.74, 6) is -1.36. The maximum absolute atomic E-state index is 12.7. The summed E-state index contributed by atoms with van der Waals surface area (Å²) in [5, 5.41) is 11.5. The Morgan fingerprint density at radius 3 is 2.31 bits per heavy atom. The third-order valence-electron chi connectivity index (χ3n) is 4.26. The van der Waals surface area contributed by atoms with Crippen molar-refractivity contribution in [2.75, 3.05) is 11.9 Å². The Morgan fingerprint density at radius 1 is 0.923 bits per heavy atom. The zero-order chi connectivity index (χ0) is 18.5. The fraction of sp³-hybridized carbons (Fsp3) is 0.0909. The summed E-state index contributed by atoms with van der Waals surface area (Å²) in [5.41, 5.74) is 1.58. The van der Waals surface area contributed by atoms with Crippen molar-refractivity contribution >= 4 is 34.4 Å². The molecule has 4 nitrogen and oxygen atoms in total. The molecule has 3 aromatic rings. The van der Waals surface area contributed by atoms with Gasteiger partial charge in [0.2, 0.25) is 5.91 Å². The van der Waals surface area contributed by atoms with Gasteiger partial charge in [0.1, 0.15) is 0 Å². The Morgan fingerprint density at radius 2 is 1.58 bits per heavy atom. The number of fused-ring (bicyclic) bond motifs is 1. The lowest BCUT2D eigenvalue weighted by Gasteiger charge is -2.19. The van der Waals surface area contributed by atoms with E-state index in [4.69, 9.17) is 0 Å². The van der Waals surface area contributed by atoms with Gasteiger partial charge in [-0.2, -0.15) is 0 Å². The Kier molecular flexibility index (Phi) is 5.13. The molecule has 3 aromatic carbocycles. The van der Waals surface area contributed by atoms with Crippen LogP contribution < -0.4 is 4.90 Å². The molecule has 0 saturated carbocycles. The predicted octanol–water partition coefficient (Wildman–Crippen LogP) is 4.36. The van der Waals surface area contributed by atoms with Crippen molar-refractivity contribution in [1.82, 2.24) is 0 Å². The second-order valence-electron chi connectivity index (χ2n) is 6.01. The summed E-state index contributed by atoms with van der Waals surface area (Å²) in [6.45, 7) is 0. The Bertz CT molecular complexity index is 972. The van der Waals surface area contributed by atoms with Crippen LogP contribution in [0, 0.1) is 0 Å². The van der Waals surface area contributed by atoms with Gasteiger partial charge in [0.15, 0.2) is 0 Å². The molecule has 26 heavy (non-hydrogen) atoms. The quantitative estimate of drug-likeness (QED) is 0.699. The molecule has 0 heterocycles. The summed E-state index contributed by atoms with van der Waals surface area (Å²) in [4.78, 5) is 25.8. The minimum Gasteiger partial charge on any atom is -0.478 e. The smallest absolute Gasteiger partial charge is 0.332 e. The molecule has 0 aliphatic carbocycles. The first-order valence-electron chi connectivity index (χ1n) is 8.29. The van der Waals surface area contributed by atoms with E-state index in [9.17, 15) is 14.7 Å². The Labute approximate surface area is 152 Å². The number of carbonyl (C=O) groups is 2. The molecule has 0 saturated heterocycles. The van der Waals surface area contributed by atoms with Crippen molar-refractivity contribution < 1.29 is 14.7 Å². The molecule has 1 amide bonds. The van der Waals surface area contributed by atoms with Gasteiger partial charge < -0.3 is 10.0 Å². The van der Waals surface area contributed by atoms with E-state index in [1.165, 1.54) is 11.0 Å². The minimum absolute atomic E-state index is 0.0632. The summed E-state index contributed by atoms with van der Waals surface area (Å²) in [6.07, 6.45) is 1.36. The zero-order valence-corrected chi connectivity index (χ0v) is 14.4. The van der Waals surface area contributed by atoms with Crippen LogP contribution in [-0.4, -0.2) is 24.0 Å². The molecule has 3 rings (SSSR count). The highest BCUT2D eigenvalue weighted by Gasteiger charge is 2.18. The van der Waals surface area contributed by atoms with Gasteiger partial charge in [0.25, 0.3) is 0 Å². The fourth-order valence-electron chi connectivity index (χ4n) is 2.86. The molecule has 0 fully saturated rings. The lowest BCUT2D eigenvalue weighted by molar-refractivity contribution is -0.133. The third kappa shape index (κ3) is 3.81. The fourth-order valence-corrected chi connectivity index (χ4v) is 2.86. The molecule has 4 heteroatoms. The van der Waals surface area contributed by atoms with Gasteiger partial charge in [-0.1, -0.05) is 66.7 Å². The average molecular weight is 345 g/mol. The lowest BCUT2D eigenvalue weighted by atomic mass is 10.1. The first kappa shape index (κ1) is 17.4. The van der Waals surface area contributed by atoms with Crippen LogP contribution in [0.5, 0.6) is 0 Å². The van der Waals surface area contributed by atoms with Gasteiger partial charge in [0, 0.05) is 18.0 Å². The van der Waals surface area contributed by atoms with Crippen LogP contribution in [0.15, 0.2) is 78.4 Å². The Hall–Kier alpha value is -3.40. The number of rotatable bonds is 5. The highest BCUT2D eigenvalue weighted by atomic mass is 16.4. The number of carbonyl (C=O) groups excluding carboxylic acids is 1. The van der Waals surface area contributed by atoms with Crippen LogP contribution in [0.1, 0.15) is 12.0 Å². The van der Waals surface area contributed by atoms with Crippen LogP contribution in [-0.2, 0) is 9.59 Å². The molecule has 0 atom stereocenters. The normalized spacial score (nSPS) is 11.3. The van der Waals surface area contributed by atoms with E-state index in [1.54, 1.807) is 7.05 Å². The molecule has 0 aliphatic heterocycles. The van der Waals surface area contributed by atoms with Crippen molar-refractivity contribution in [1.29, 1.82) is 0 Å². The Balaban J connectivity index is 1.88. The first-order valence-corrected chi connectivity index (χ1v) is 8.29. The number of nitrogens with zero attached hydrogens (tertiary/aromatic N) is 1. The van der Waals surface area contributed by atoms with Crippen LogP contribution in [0.4, 0.5) is 5.69 Å². The summed E-state index contributed by atoms with van der Waals surface area (Å²) < 4.78 is 0. The van der Waals surface area contributed by atoms with Crippen molar-refractivity contribution in [3.8, 4) is 0 Å². The number of hydrogen-bond donors (Lipinski definition) is 1. The van der Waals surface area contributed by atoms with Crippen molar-refractivity contribution in [2.24, 2.45) is 0 Å². The summed E-state index contributed by atoms with van der Waals surface area (Å²) in [6, 6.07) is 22.7. The van der Waals surface area contributed by atoms with Crippen LogP contribution in [0.3, 0.4) is 0 Å². The molecule has 1 N–H and O–H groups in total. The van der Waals surface area contributed by atoms with Crippen LogP contribution in [0.2, 0.25) is 0 Å². The maximum Gasteiger partial charge on any atom is 0.332 e. The van der Waals surface area contributed by atoms with Gasteiger partial charge in [0.05, 0.1) is 12.1 Å². The maximum atomic E-state index is 12.7. The molecule has 130 valence electrons. The summed E-state index contributed by atoms with van der Waals surface area (Å²) >= 11 is 0. The predicted molar refractivity (Wildman–Crippen MR) is 104 cm³/mol. The van der Waals surface area contributed by atoms with Gasteiger partial charge in [-0.25, -0.2) is 4.79 Å². The van der Waals surface area contributed by atoms with Crippen molar-refractivity contribution in [2.45, 2.75) is 6.42 Å². The first-order chi connectivity index (χ1) is 12.6. The standard InChI is InChI=1S/C22H19NO3/c1-23(20-13-7-11-17-10-5-6-12-19(17)20)21(24)15-18(22(25)26)14-16-8-3-2-4-9-16/h2-14H,15H2,1H3,(H,25,26)/b18-14-. The van der Waals surface area contributed by atoms with Crippen molar-refractivity contribution in [3.63, 3.8) is 0 Å². The molecule has 0 aliphatic rings. The largest absolute Gasteiger partial charge is 0.478 e. The number of hydrogen-bond acceptors (Lipinski definition) is 2. The van der Waals surface area contributed by atoms with E-state index in [0.717, 1.165) is 22.0 Å². The number of carboxylic acids is 1. The van der Waals surface area contributed by atoms with Gasteiger partial charge in [-0.05, 0) is 23.1 Å². The second-order valence-corrected chi connectivity index (χ2v) is 6.01. The molecule has 0 aromatic heterocycles. The minimum atomic E-state index is -1.09. The van der Waals surface area contributed by atoms with E-state index in [1.807, 2.05) is 72.8 Å². The van der Waals surface area contributed by atoms with E-state index in [2.05, 4.69) is 0 Å². The molecule has 0 bridgehead atoms. The number of benzene rings is 3. The van der Waals surface area contributed by atoms with Crippen LogP contribution >= 0.6 is 0 Å². The van der Waals surface area contributed by atoms with Gasteiger partial charge in [-0.15, -0.1) is 0 Å². The summed E-state index contributed by atoms with van der Waals surface area (Å²) in [7, 11) is 1.67. The molecular weight excluding hydrogens is 326 g/mol. The highest BCUT2D eigenvalue weighted by Crippen LogP contribution is 2.26. The number of amides is 1. The zero-order valence-electron chi connectivity index (χ0n) is 14.4. The number of aliphatic carboxylic acids is 1. The van der Waals surface area contributed by atoms with Crippen LogP contribution in [0.25, 0.3) is 16.8 Å². The highest BCUT2D eigenvalue weighted by molar-refractivity contribution is 6.07. The molecule has 0 spiro atoms. The topological polar surface area (TPSA) is 57.6 Å².